The fourth-order valence-corrected chi connectivity index (χ4v) is 0.653. The summed E-state index contributed by atoms with van der Waals surface area (Å²) < 4.78 is 5.25. The van der Waals surface area contributed by atoms with Gasteiger partial charge in [-0.15, -0.1) is 6.42 Å². The average Bonchev–Trinajstić information content (AvgIpc) is 2.04. The lowest BCUT2D eigenvalue weighted by molar-refractivity contribution is 0.136. The lowest BCUT2D eigenvalue weighted by Crippen LogP contribution is -2.28. The van der Waals surface area contributed by atoms with Crippen LogP contribution in [0.15, 0.2) is 0 Å². The fraction of sp³-hybridized carbons (Fsp3) is 0.778. The molecule has 0 bridgehead atoms. The van der Waals surface area contributed by atoms with Gasteiger partial charge in [-0.3, -0.25) is 0 Å². The minimum absolute atomic E-state index is 0.153. The van der Waals surface area contributed by atoms with E-state index in [4.69, 9.17) is 11.2 Å². The molecular formula is C9H17NO. The summed E-state index contributed by atoms with van der Waals surface area (Å²) in [5.74, 6) is 2.59. The van der Waals surface area contributed by atoms with Gasteiger partial charge in [-0.25, -0.2) is 0 Å². The monoisotopic (exact) mass is 155 g/mol. The first-order valence-corrected chi connectivity index (χ1v) is 4.08. The molecule has 0 spiro atoms. The first-order valence-electron chi connectivity index (χ1n) is 4.08. The molecule has 2 heteroatoms. The number of hydrogen-bond donors (Lipinski definition) is 1. The van der Waals surface area contributed by atoms with Gasteiger partial charge in [-0.1, -0.05) is 12.8 Å². The van der Waals surface area contributed by atoms with Crippen LogP contribution in [0.5, 0.6) is 0 Å². The van der Waals surface area contributed by atoms with Crippen molar-refractivity contribution >= 4 is 0 Å². The third-order valence-corrected chi connectivity index (χ3v) is 1.30. The number of hydrogen-bond acceptors (Lipinski definition) is 2. The molecular weight excluding hydrogens is 138 g/mol. The number of ether oxygens (including phenoxy) is 1. The minimum atomic E-state index is 0.153. The molecule has 0 amide bonds. The summed E-state index contributed by atoms with van der Waals surface area (Å²) in [4.78, 5) is 0. The molecule has 1 atom stereocenters. The maximum absolute atomic E-state index is 5.25. The molecule has 0 rings (SSSR count). The summed E-state index contributed by atoms with van der Waals surface area (Å²) in [7, 11) is 0. The molecule has 0 saturated heterocycles. The number of nitrogens with one attached hydrogen (secondary N) is 1. The highest BCUT2D eigenvalue weighted by atomic mass is 16.5. The lowest BCUT2D eigenvalue weighted by atomic mass is 10.3. The van der Waals surface area contributed by atoms with E-state index in [0.29, 0.717) is 0 Å². The molecule has 2 nitrogen and oxygen atoms in total. The summed E-state index contributed by atoms with van der Waals surface area (Å²) >= 11 is 0. The van der Waals surface area contributed by atoms with Crippen LogP contribution in [0.25, 0.3) is 0 Å². The fourth-order valence-electron chi connectivity index (χ4n) is 0.653. The van der Waals surface area contributed by atoms with E-state index in [-0.39, 0.29) is 6.04 Å². The first kappa shape index (κ1) is 10.5. The van der Waals surface area contributed by atoms with Crippen molar-refractivity contribution < 1.29 is 4.74 Å². The van der Waals surface area contributed by atoms with Crippen molar-refractivity contribution in [1.29, 1.82) is 0 Å². The highest BCUT2D eigenvalue weighted by Gasteiger charge is 1.92. The van der Waals surface area contributed by atoms with Crippen molar-refractivity contribution in [1.82, 2.24) is 5.32 Å². The number of rotatable bonds is 6. The third-order valence-electron chi connectivity index (χ3n) is 1.30. The Labute approximate surface area is 69.3 Å². The molecule has 0 aromatic rings. The van der Waals surface area contributed by atoms with Gasteiger partial charge in [0.1, 0.15) is 0 Å². The topological polar surface area (TPSA) is 21.3 Å². The Morgan fingerprint density at radius 1 is 1.55 bits per heavy atom. The molecule has 1 N–H and O–H groups in total. The first-order chi connectivity index (χ1) is 5.31. The van der Waals surface area contributed by atoms with Crippen LogP contribution in [0, 0.1) is 12.3 Å². The Bertz CT molecular complexity index is 117. The Morgan fingerprint density at radius 2 is 2.27 bits per heavy atom. The van der Waals surface area contributed by atoms with Crippen molar-refractivity contribution in [2.24, 2.45) is 0 Å². The normalized spacial score (nSPS) is 12.5. The molecule has 0 heterocycles. The highest BCUT2D eigenvalue weighted by Crippen LogP contribution is 1.80. The Balaban J connectivity index is 2.97. The molecule has 0 aliphatic carbocycles. The third kappa shape index (κ3) is 7.38. The second-order valence-electron chi connectivity index (χ2n) is 2.45. The van der Waals surface area contributed by atoms with Gasteiger partial charge in [0.2, 0.25) is 0 Å². The van der Waals surface area contributed by atoms with Crippen LogP contribution < -0.4 is 5.32 Å². The molecule has 0 aromatic carbocycles. The van der Waals surface area contributed by atoms with Gasteiger partial charge in [0.25, 0.3) is 0 Å². The van der Waals surface area contributed by atoms with Gasteiger partial charge in [0, 0.05) is 13.2 Å². The maximum Gasteiger partial charge on any atom is 0.0659 e. The van der Waals surface area contributed by atoms with Crippen molar-refractivity contribution in [2.45, 2.75) is 26.3 Å². The highest BCUT2D eigenvalue weighted by molar-refractivity contribution is 4.95. The van der Waals surface area contributed by atoms with E-state index >= 15 is 0 Å². The summed E-state index contributed by atoms with van der Waals surface area (Å²) in [6, 6.07) is 0.153. The second-order valence-corrected chi connectivity index (χ2v) is 2.45. The molecule has 0 radical (unpaired) electrons. The van der Waals surface area contributed by atoms with Crippen LogP contribution in [-0.2, 0) is 4.74 Å². The van der Waals surface area contributed by atoms with Gasteiger partial charge in [-0.2, -0.15) is 0 Å². The van der Waals surface area contributed by atoms with Crippen LogP contribution in [0.1, 0.15) is 20.3 Å². The standard InChI is InChI=1S/C9H17NO/c1-4-7-11-8-6-10-9(3)5-2/h2,9-10H,4,6-8H2,1,3H3. The van der Waals surface area contributed by atoms with Gasteiger partial charge < -0.3 is 10.1 Å². The van der Waals surface area contributed by atoms with Gasteiger partial charge in [0.15, 0.2) is 0 Å². The van der Waals surface area contributed by atoms with Crippen LogP contribution >= 0.6 is 0 Å². The molecule has 1 unspecified atom stereocenters. The largest absolute Gasteiger partial charge is 0.380 e. The van der Waals surface area contributed by atoms with E-state index in [1.54, 1.807) is 0 Å². The SMILES string of the molecule is C#CC(C)NCCOCCC. The number of terminal acetylenes is 1. The van der Waals surface area contributed by atoms with E-state index in [1.165, 1.54) is 0 Å². The van der Waals surface area contributed by atoms with Crippen LogP contribution in [0.3, 0.4) is 0 Å². The van der Waals surface area contributed by atoms with Crippen molar-refractivity contribution in [2.75, 3.05) is 19.8 Å². The van der Waals surface area contributed by atoms with E-state index in [2.05, 4.69) is 18.2 Å². The predicted octanol–water partition coefficient (Wildman–Crippen LogP) is 1.02. The molecule has 0 fully saturated rings. The molecule has 0 aliphatic rings. The molecule has 0 saturated carbocycles. The molecule has 64 valence electrons. The Morgan fingerprint density at radius 3 is 2.82 bits per heavy atom. The summed E-state index contributed by atoms with van der Waals surface area (Å²) in [6.07, 6.45) is 6.23. The maximum atomic E-state index is 5.25. The quantitative estimate of drug-likeness (QED) is 0.457. The van der Waals surface area contributed by atoms with Gasteiger partial charge in [0.05, 0.1) is 12.6 Å². The van der Waals surface area contributed by atoms with Gasteiger partial charge >= 0.3 is 0 Å². The van der Waals surface area contributed by atoms with E-state index in [1.807, 2.05) is 6.92 Å². The minimum Gasteiger partial charge on any atom is -0.380 e. The van der Waals surface area contributed by atoms with Crippen molar-refractivity contribution in [3.8, 4) is 12.3 Å². The molecule has 11 heavy (non-hydrogen) atoms. The van der Waals surface area contributed by atoms with Crippen LogP contribution in [0.2, 0.25) is 0 Å². The van der Waals surface area contributed by atoms with Crippen LogP contribution in [0.4, 0.5) is 0 Å². The summed E-state index contributed by atoms with van der Waals surface area (Å²) in [5.41, 5.74) is 0. The average molecular weight is 155 g/mol. The Hall–Kier alpha value is -0.520. The molecule has 0 aliphatic heterocycles. The predicted molar refractivity (Wildman–Crippen MR) is 47.4 cm³/mol. The van der Waals surface area contributed by atoms with E-state index in [9.17, 15) is 0 Å². The summed E-state index contributed by atoms with van der Waals surface area (Å²) in [5, 5.41) is 3.13. The van der Waals surface area contributed by atoms with E-state index < -0.39 is 0 Å². The van der Waals surface area contributed by atoms with Crippen molar-refractivity contribution in [3.05, 3.63) is 0 Å². The Kier molecular flexibility index (Phi) is 7.23. The zero-order valence-electron chi connectivity index (χ0n) is 7.39. The van der Waals surface area contributed by atoms with Crippen molar-refractivity contribution in [3.63, 3.8) is 0 Å². The summed E-state index contributed by atoms with van der Waals surface area (Å²) in [6.45, 7) is 6.48. The zero-order chi connectivity index (χ0) is 8.53. The zero-order valence-corrected chi connectivity index (χ0v) is 7.39. The molecule has 0 aromatic heterocycles. The van der Waals surface area contributed by atoms with Gasteiger partial charge in [-0.05, 0) is 13.3 Å². The smallest absolute Gasteiger partial charge is 0.0659 e. The lowest BCUT2D eigenvalue weighted by Gasteiger charge is -2.06. The van der Waals surface area contributed by atoms with E-state index in [0.717, 1.165) is 26.2 Å². The van der Waals surface area contributed by atoms with Crippen LogP contribution in [-0.4, -0.2) is 25.8 Å². The second kappa shape index (κ2) is 7.59.